The van der Waals surface area contributed by atoms with E-state index in [9.17, 15) is 4.79 Å². The van der Waals surface area contributed by atoms with E-state index in [2.05, 4.69) is 5.32 Å². The average Bonchev–Trinajstić information content (AvgIpc) is 2.29. The number of amides is 1. The fourth-order valence-electron chi connectivity index (χ4n) is 2.17. The van der Waals surface area contributed by atoms with E-state index in [0.29, 0.717) is 18.6 Å². The second kappa shape index (κ2) is 3.64. The summed E-state index contributed by atoms with van der Waals surface area (Å²) in [4.78, 5) is 13.3. The van der Waals surface area contributed by atoms with Crippen molar-refractivity contribution >= 4 is 5.91 Å². The van der Waals surface area contributed by atoms with Gasteiger partial charge in [0.05, 0.1) is 6.61 Å². The zero-order valence-corrected chi connectivity index (χ0v) is 7.95. The van der Waals surface area contributed by atoms with Crippen LogP contribution in [0, 0.1) is 5.92 Å². The van der Waals surface area contributed by atoms with Crippen molar-refractivity contribution in [3.8, 4) is 0 Å². The van der Waals surface area contributed by atoms with Crippen molar-refractivity contribution in [1.29, 1.82) is 0 Å². The number of carbonyl (C=O) groups is 1. The smallest absolute Gasteiger partial charge is 0.248 e. The zero-order valence-electron chi connectivity index (χ0n) is 7.95. The molecule has 2 aliphatic rings. The first-order valence-corrected chi connectivity index (χ1v) is 4.83. The van der Waals surface area contributed by atoms with Crippen LogP contribution in [0.15, 0.2) is 0 Å². The normalized spacial score (nSPS) is 35.5. The van der Waals surface area contributed by atoms with Gasteiger partial charge in [0.1, 0.15) is 6.61 Å². The summed E-state index contributed by atoms with van der Waals surface area (Å²) in [7, 11) is 1.89. The summed E-state index contributed by atoms with van der Waals surface area (Å²) in [6.45, 7) is 2.96. The molecular weight excluding hydrogens is 168 g/mol. The molecule has 2 saturated heterocycles. The maximum Gasteiger partial charge on any atom is 0.248 e. The lowest BCUT2D eigenvalue weighted by Gasteiger charge is -2.35. The van der Waals surface area contributed by atoms with Gasteiger partial charge >= 0.3 is 0 Å². The van der Waals surface area contributed by atoms with Crippen molar-refractivity contribution < 1.29 is 9.53 Å². The molecule has 13 heavy (non-hydrogen) atoms. The highest BCUT2D eigenvalue weighted by Crippen LogP contribution is 2.20. The molecule has 0 aromatic rings. The zero-order chi connectivity index (χ0) is 9.26. The number of hydrogen-bond donors (Lipinski definition) is 1. The van der Waals surface area contributed by atoms with Gasteiger partial charge in [-0.15, -0.1) is 0 Å². The van der Waals surface area contributed by atoms with E-state index in [0.717, 1.165) is 19.5 Å². The summed E-state index contributed by atoms with van der Waals surface area (Å²) >= 11 is 0. The molecule has 2 atom stereocenters. The van der Waals surface area contributed by atoms with Crippen LogP contribution in [-0.4, -0.2) is 50.2 Å². The number of rotatable bonds is 0. The second-order valence-corrected chi connectivity index (χ2v) is 3.84. The van der Waals surface area contributed by atoms with E-state index in [1.54, 1.807) is 0 Å². The molecule has 0 aromatic carbocycles. The quantitative estimate of drug-likeness (QED) is 0.549. The van der Waals surface area contributed by atoms with Gasteiger partial charge in [-0.1, -0.05) is 0 Å². The second-order valence-electron chi connectivity index (χ2n) is 3.84. The van der Waals surface area contributed by atoms with Crippen LogP contribution >= 0.6 is 0 Å². The van der Waals surface area contributed by atoms with Gasteiger partial charge in [-0.25, -0.2) is 0 Å². The number of piperidine rings is 1. The van der Waals surface area contributed by atoms with Gasteiger partial charge in [-0.2, -0.15) is 0 Å². The van der Waals surface area contributed by atoms with E-state index in [1.165, 1.54) is 0 Å². The van der Waals surface area contributed by atoms with Crippen molar-refractivity contribution in [2.24, 2.45) is 5.92 Å². The van der Waals surface area contributed by atoms with Crippen molar-refractivity contribution in [2.45, 2.75) is 12.5 Å². The molecule has 2 aliphatic heterocycles. The fraction of sp³-hybridized carbons (Fsp3) is 0.889. The Morgan fingerprint density at radius 1 is 1.62 bits per heavy atom. The number of ether oxygens (including phenoxy) is 1. The summed E-state index contributed by atoms with van der Waals surface area (Å²) in [6.07, 6.45) is 1.05. The fourth-order valence-corrected chi connectivity index (χ4v) is 2.17. The third-order valence-electron chi connectivity index (χ3n) is 3.02. The molecule has 1 amide bonds. The summed E-state index contributed by atoms with van der Waals surface area (Å²) in [6, 6.07) is 0.385. The molecule has 0 radical (unpaired) electrons. The standard InChI is InChI=1S/C9H16N2O2/c1-11-8-2-3-10-4-7(8)5-13-6-9(11)12/h7-8,10H,2-6H2,1H3/t7-,8-/m0/s1. The molecule has 2 rings (SSSR count). The van der Waals surface area contributed by atoms with Crippen LogP contribution in [0.5, 0.6) is 0 Å². The molecule has 0 aromatic heterocycles. The molecule has 0 unspecified atom stereocenters. The molecule has 0 saturated carbocycles. The van der Waals surface area contributed by atoms with Crippen molar-refractivity contribution in [2.75, 3.05) is 33.4 Å². The van der Waals surface area contributed by atoms with Gasteiger partial charge in [0.25, 0.3) is 0 Å². The van der Waals surface area contributed by atoms with Crippen LogP contribution in [0.3, 0.4) is 0 Å². The summed E-state index contributed by atoms with van der Waals surface area (Å²) < 4.78 is 5.32. The molecule has 74 valence electrons. The molecule has 1 N–H and O–H groups in total. The lowest BCUT2D eigenvalue weighted by atomic mass is 9.93. The van der Waals surface area contributed by atoms with Crippen molar-refractivity contribution in [3.63, 3.8) is 0 Å². The third kappa shape index (κ3) is 1.69. The van der Waals surface area contributed by atoms with Gasteiger partial charge in [0.2, 0.25) is 5.91 Å². The van der Waals surface area contributed by atoms with E-state index >= 15 is 0 Å². The Morgan fingerprint density at radius 3 is 3.31 bits per heavy atom. The highest BCUT2D eigenvalue weighted by Gasteiger charge is 2.33. The topological polar surface area (TPSA) is 41.6 Å². The summed E-state index contributed by atoms with van der Waals surface area (Å²) in [5, 5.41) is 3.33. The van der Waals surface area contributed by atoms with Gasteiger partial charge in [-0.3, -0.25) is 4.79 Å². The Bertz CT molecular complexity index is 208. The highest BCUT2D eigenvalue weighted by atomic mass is 16.5. The first kappa shape index (κ1) is 8.97. The van der Waals surface area contributed by atoms with E-state index in [1.807, 2.05) is 11.9 Å². The van der Waals surface area contributed by atoms with Crippen LogP contribution in [-0.2, 0) is 9.53 Å². The van der Waals surface area contributed by atoms with Gasteiger partial charge < -0.3 is 15.0 Å². The summed E-state index contributed by atoms with van der Waals surface area (Å²) in [5.41, 5.74) is 0. The SMILES string of the molecule is CN1C(=O)COC[C@@H]2CNCC[C@@H]21. The van der Waals surface area contributed by atoms with Gasteiger partial charge in [0, 0.05) is 25.6 Å². The van der Waals surface area contributed by atoms with Crippen LogP contribution in [0.1, 0.15) is 6.42 Å². The molecule has 0 bridgehead atoms. The van der Waals surface area contributed by atoms with Crippen LogP contribution in [0.25, 0.3) is 0 Å². The van der Waals surface area contributed by atoms with Crippen LogP contribution in [0.2, 0.25) is 0 Å². The Balaban J connectivity index is 2.11. The third-order valence-corrected chi connectivity index (χ3v) is 3.02. The predicted molar refractivity (Wildman–Crippen MR) is 48.4 cm³/mol. The first-order chi connectivity index (χ1) is 6.29. The Labute approximate surface area is 78.2 Å². The number of hydrogen-bond acceptors (Lipinski definition) is 3. The Morgan fingerprint density at radius 2 is 2.46 bits per heavy atom. The predicted octanol–water partition coefficient (Wildman–Crippen LogP) is -0.547. The molecule has 0 aliphatic carbocycles. The number of likely N-dealkylation sites (N-methyl/N-ethyl adjacent to an activating group) is 1. The van der Waals surface area contributed by atoms with Crippen LogP contribution in [0.4, 0.5) is 0 Å². The van der Waals surface area contributed by atoms with Crippen molar-refractivity contribution in [1.82, 2.24) is 10.2 Å². The molecule has 2 fully saturated rings. The largest absolute Gasteiger partial charge is 0.371 e. The lowest BCUT2D eigenvalue weighted by Crippen LogP contribution is -2.49. The first-order valence-electron chi connectivity index (χ1n) is 4.83. The maximum absolute atomic E-state index is 11.4. The van der Waals surface area contributed by atoms with Crippen LogP contribution < -0.4 is 5.32 Å². The molecular formula is C9H16N2O2. The monoisotopic (exact) mass is 184 g/mol. The molecule has 2 heterocycles. The molecule has 4 heteroatoms. The minimum Gasteiger partial charge on any atom is -0.371 e. The van der Waals surface area contributed by atoms with E-state index < -0.39 is 0 Å². The van der Waals surface area contributed by atoms with Crippen molar-refractivity contribution in [3.05, 3.63) is 0 Å². The minimum absolute atomic E-state index is 0.120. The Hall–Kier alpha value is -0.610. The number of carbonyl (C=O) groups excluding carboxylic acids is 1. The average molecular weight is 184 g/mol. The van der Waals surface area contributed by atoms with Gasteiger partial charge in [0.15, 0.2) is 0 Å². The molecule has 0 spiro atoms. The lowest BCUT2D eigenvalue weighted by molar-refractivity contribution is -0.134. The van der Waals surface area contributed by atoms with E-state index in [-0.39, 0.29) is 12.5 Å². The highest BCUT2D eigenvalue weighted by molar-refractivity contribution is 5.77. The van der Waals surface area contributed by atoms with Gasteiger partial charge in [-0.05, 0) is 13.0 Å². The summed E-state index contributed by atoms with van der Waals surface area (Å²) in [5.74, 6) is 0.597. The Kier molecular flexibility index (Phi) is 2.51. The number of nitrogens with zero attached hydrogens (tertiary/aromatic N) is 1. The molecule has 4 nitrogen and oxygen atoms in total. The number of fused-ring (bicyclic) bond motifs is 1. The van der Waals surface area contributed by atoms with E-state index in [4.69, 9.17) is 4.74 Å². The maximum atomic E-state index is 11.4. The minimum atomic E-state index is 0.120. The number of nitrogens with one attached hydrogen (secondary N) is 1.